The predicted molar refractivity (Wildman–Crippen MR) is 239 cm³/mol. The summed E-state index contributed by atoms with van der Waals surface area (Å²) in [5, 5.41) is 14.5. The lowest BCUT2D eigenvalue weighted by atomic mass is 9.79. The van der Waals surface area contributed by atoms with Crippen molar-refractivity contribution in [3.8, 4) is 11.5 Å². The van der Waals surface area contributed by atoms with Crippen LogP contribution in [0, 0.1) is 0 Å². The Morgan fingerprint density at radius 3 is 2.12 bits per heavy atom. The van der Waals surface area contributed by atoms with Gasteiger partial charge in [0.1, 0.15) is 0 Å². The molecule has 22 heteroatoms. The number of carboxylic acid groups (broad SMARTS) is 1. The molecule has 16 nitrogen and oxygen atoms in total. The maximum atomic E-state index is 13.6. The van der Waals surface area contributed by atoms with E-state index in [4.69, 9.17) is 39.5 Å². The van der Waals surface area contributed by atoms with Gasteiger partial charge in [-0.3, -0.25) is 28.4 Å². The lowest BCUT2D eigenvalue weighted by Gasteiger charge is -2.39. The summed E-state index contributed by atoms with van der Waals surface area (Å²) in [6, 6.07) is 3.08. The first kappa shape index (κ1) is 47.7. The maximum Gasteiger partial charge on any atom is 0.337 e. The van der Waals surface area contributed by atoms with Crippen LogP contribution in [0.5, 0.6) is 11.5 Å². The van der Waals surface area contributed by atoms with Crippen LogP contribution in [0.3, 0.4) is 0 Å². The van der Waals surface area contributed by atoms with Crippen LogP contribution in [-0.2, 0) is 29.8 Å². The van der Waals surface area contributed by atoms with Gasteiger partial charge in [0, 0.05) is 64.7 Å². The maximum absolute atomic E-state index is 13.6. The van der Waals surface area contributed by atoms with Gasteiger partial charge in [0.25, 0.3) is 27.2 Å². The summed E-state index contributed by atoms with van der Waals surface area (Å²) in [5.41, 5.74) is -2.21. The highest BCUT2D eigenvalue weighted by molar-refractivity contribution is 8.13. The smallest absolute Gasteiger partial charge is 0.337 e. The SMILES string of the molecule is CC1CC(C)(C)Nc2c1cc1c(c2S(=O)(=O)O)Oc2c(S(=O)(=O)O)c3c(cc2=C1c1c(Cl)c(SC(=O)NCCCCCN2C(=O)C=CC2=O)c(Cl)c(Cl)c1C(=O)O)C(C)CC(C)(C)[NH+]=3. The second kappa shape index (κ2) is 16.9. The lowest BCUT2D eigenvalue weighted by Crippen LogP contribution is -2.91. The molecule has 4 aliphatic heterocycles. The third-order valence-electron chi connectivity index (χ3n) is 11.6. The fourth-order valence-electron chi connectivity index (χ4n) is 9.17. The number of thioether (sulfide) groups is 1. The molecule has 7 rings (SSSR count). The molecule has 0 saturated carbocycles. The molecule has 4 aliphatic rings. The highest BCUT2D eigenvalue weighted by atomic mass is 35.5. The number of halogens is 3. The van der Waals surface area contributed by atoms with Crippen molar-refractivity contribution >= 4 is 101 Å². The fraction of sp³-hybridized carbons (Fsp3) is 0.405. The minimum absolute atomic E-state index is 0.0475. The zero-order valence-electron chi connectivity index (χ0n) is 35.2. The Balaban J connectivity index is 1.48. The molecule has 0 saturated heterocycles. The number of rotatable bonds is 11. The molecule has 0 fully saturated rings. The van der Waals surface area contributed by atoms with Gasteiger partial charge in [0.05, 0.1) is 31.2 Å². The average Bonchev–Trinajstić information content (AvgIpc) is 3.47. The molecule has 3 amide bonds. The third-order valence-corrected chi connectivity index (χ3v) is 15.8. The van der Waals surface area contributed by atoms with Crippen molar-refractivity contribution in [2.24, 2.45) is 0 Å². The number of anilines is 1. The van der Waals surface area contributed by atoms with Crippen molar-refractivity contribution in [3.05, 3.63) is 77.7 Å². The normalized spacial score (nSPS) is 19.5. The molecule has 4 heterocycles. The number of amides is 3. The van der Waals surface area contributed by atoms with Gasteiger partial charge in [-0.1, -0.05) is 48.7 Å². The van der Waals surface area contributed by atoms with Crippen LogP contribution in [0.15, 0.2) is 39.0 Å². The van der Waals surface area contributed by atoms with Gasteiger partial charge in [-0.05, 0) is 94.7 Å². The van der Waals surface area contributed by atoms with E-state index in [9.17, 15) is 50.2 Å². The summed E-state index contributed by atoms with van der Waals surface area (Å²) in [4.78, 5) is 53.1. The molecule has 64 heavy (non-hydrogen) atoms. The Morgan fingerprint density at radius 2 is 1.52 bits per heavy atom. The number of aromatic carboxylic acids is 1. The third kappa shape index (κ3) is 8.77. The van der Waals surface area contributed by atoms with Crippen LogP contribution in [0.25, 0.3) is 5.57 Å². The summed E-state index contributed by atoms with van der Waals surface area (Å²) in [7, 11) is -10.6. The highest BCUT2D eigenvalue weighted by Crippen LogP contribution is 2.54. The number of hydrogen-bond acceptors (Lipinski definition) is 11. The second-order valence-corrected chi connectivity index (χ2v) is 22.4. The van der Waals surface area contributed by atoms with Crippen LogP contribution >= 0.6 is 46.6 Å². The molecular formula is C42H44Cl3N4O12S3+. The van der Waals surface area contributed by atoms with E-state index in [0.29, 0.717) is 55.0 Å². The molecular weight excluding hydrogens is 955 g/mol. The highest BCUT2D eigenvalue weighted by Gasteiger charge is 2.44. The van der Waals surface area contributed by atoms with Gasteiger partial charge in [-0.2, -0.15) is 16.8 Å². The molecule has 0 aliphatic carbocycles. The van der Waals surface area contributed by atoms with Gasteiger partial charge in [0.2, 0.25) is 10.3 Å². The summed E-state index contributed by atoms with van der Waals surface area (Å²) < 4.78 is 83.0. The number of imide groups is 1. The number of ether oxygens (including phenoxy) is 1. The molecule has 3 aromatic rings. The number of fused-ring (bicyclic) bond motifs is 4. The Labute approximate surface area is 388 Å². The van der Waals surface area contributed by atoms with Crippen LogP contribution in [0.1, 0.15) is 118 Å². The van der Waals surface area contributed by atoms with Crippen molar-refractivity contribution in [3.63, 3.8) is 0 Å². The first-order chi connectivity index (χ1) is 29.6. The lowest BCUT2D eigenvalue weighted by molar-refractivity contribution is -0.590. The number of nitrogens with zero attached hydrogens (tertiary/aromatic N) is 1. The molecule has 342 valence electrons. The van der Waals surface area contributed by atoms with Crippen molar-refractivity contribution < 1.29 is 60.0 Å². The first-order valence-corrected chi connectivity index (χ1v) is 24.9. The van der Waals surface area contributed by atoms with Crippen molar-refractivity contribution in [2.75, 3.05) is 18.4 Å². The number of carbonyl (C=O) groups is 4. The van der Waals surface area contributed by atoms with E-state index in [-0.39, 0.29) is 57.2 Å². The number of carbonyl (C=O) groups excluding carboxylic acids is 3. The van der Waals surface area contributed by atoms with Gasteiger partial charge >= 0.3 is 16.1 Å². The van der Waals surface area contributed by atoms with Crippen molar-refractivity contribution in [1.82, 2.24) is 10.2 Å². The van der Waals surface area contributed by atoms with Crippen LogP contribution in [-0.4, -0.2) is 83.1 Å². The fourth-order valence-corrected chi connectivity index (χ4v) is 12.6. The minimum Gasteiger partial charge on any atom is -0.478 e. The Bertz CT molecular complexity index is 2990. The summed E-state index contributed by atoms with van der Waals surface area (Å²) in [6.07, 6.45) is 4.78. The quantitative estimate of drug-likeness (QED) is 0.0343. The molecule has 6 N–H and O–H groups in total. The van der Waals surface area contributed by atoms with Crippen LogP contribution < -0.4 is 30.9 Å². The average molecular weight is 999 g/mol. The molecule has 2 atom stereocenters. The minimum atomic E-state index is -5.28. The predicted octanol–water partition coefficient (Wildman–Crippen LogP) is 5.77. The number of benzene rings is 3. The van der Waals surface area contributed by atoms with E-state index < -0.39 is 102 Å². The summed E-state index contributed by atoms with van der Waals surface area (Å²) in [6.45, 7) is 11.3. The standard InChI is InChI=1S/C42H43Cl3N4O12S3/c1-18-16-41(3,4)47-32-20(18)14-22-26(23-15-21-19(2)17-42(5,6)48-33(21)38(64(58,59)60)35(23)61-34(22)37(32)63(55,56)57)27-28(39(52)53)29(43)31(45)36(30(27)44)62-40(54)46-12-8-7-9-13-49-24(50)10-11-25(49)51/h10-11,14-15,18-19,47H,7-9,12-13,16-17H2,1-6H3,(H,46,54)(H,52,53)(H,55,56,57)(H,58,59,60)/p+1. The zero-order chi connectivity index (χ0) is 47.2. The van der Waals surface area contributed by atoms with Crippen LogP contribution in [0.4, 0.5) is 10.5 Å². The largest absolute Gasteiger partial charge is 0.478 e. The zero-order valence-corrected chi connectivity index (χ0v) is 40.0. The molecule has 0 aromatic heterocycles. The number of nitrogens with one attached hydrogen (secondary N) is 3. The first-order valence-electron chi connectivity index (χ1n) is 20.1. The van der Waals surface area contributed by atoms with Gasteiger partial charge in [-0.15, -0.1) is 0 Å². The monoisotopic (exact) mass is 997 g/mol. The Hall–Kier alpha value is -4.21. The molecule has 3 aromatic carbocycles. The molecule has 0 bridgehead atoms. The summed E-state index contributed by atoms with van der Waals surface area (Å²) >= 11 is 21.2. The van der Waals surface area contributed by atoms with Gasteiger partial charge in [-0.25, -0.2) is 9.79 Å². The van der Waals surface area contributed by atoms with E-state index >= 15 is 0 Å². The van der Waals surface area contributed by atoms with E-state index in [0.717, 1.165) is 4.90 Å². The molecule has 0 spiro atoms. The molecule has 2 unspecified atom stereocenters. The summed E-state index contributed by atoms with van der Waals surface area (Å²) in [5.74, 6) is -4.46. The van der Waals surface area contributed by atoms with Gasteiger partial charge < -0.3 is 20.5 Å². The number of unbranched alkanes of at least 4 members (excludes halogenated alkanes) is 2. The van der Waals surface area contributed by atoms with Gasteiger partial charge in [0.15, 0.2) is 21.9 Å². The number of hydrogen-bond donors (Lipinski definition) is 6. The number of carboxylic acids is 1. The van der Waals surface area contributed by atoms with E-state index in [1.807, 2.05) is 41.5 Å². The van der Waals surface area contributed by atoms with Crippen molar-refractivity contribution in [1.29, 1.82) is 0 Å². The van der Waals surface area contributed by atoms with E-state index in [2.05, 4.69) is 15.6 Å². The Morgan fingerprint density at radius 1 is 0.891 bits per heavy atom. The van der Waals surface area contributed by atoms with E-state index in [1.165, 1.54) is 24.3 Å². The van der Waals surface area contributed by atoms with E-state index in [1.54, 1.807) is 0 Å². The Kier molecular flexibility index (Phi) is 12.6. The van der Waals surface area contributed by atoms with Crippen molar-refractivity contribution in [2.45, 2.75) is 111 Å². The second-order valence-electron chi connectivity index (χ2n) is 17.6. The molecule has 0 radical (unpaired) electrons. The van der Waals surface area contributed by atoms with Crippen LogP contribution in [0.2, 0.25) is 15.1 Å². The topological polar surface area (TPSA) is 248 Å².